The van der Waals surface area contributed by atoms with Crippen LogP contribution in [0.1, 0.15) is 37.4 Å². The largest absolute Gasteiger partial charge is 0.375 e. The molecule has 0 aromatic carbocycles. The van der Waals surface area contributed by atoms with Gasteiger partial charge in [-0.1, -0.05) is 6.92 Å². The van der Waals surface area contributed by atoms with E-state index in [0.717, 1.165) is 31.5 Å². The van der Waals surface area contributed by atoms with Gasteiger partial charge in [0.1, 0.15) is 0 Å². The molecule has 0 radical (unpaired) electrons. The van der Waals surface area contributed by atoms with Crippen LogP contribution in [-0.4, -0.2) is 9.55 Å². The third-order valence-electron chi connectivity index (χ3n) is 3.85. The molecule has 0 saturated carbocycles. The molecule has 0 bridgehead atoms. The van der Waals surface area contributed by atoms with Gasteiger partial charge in [0, 0.05) is 17.6 Å². The monoisotopic (exact) mass is 289 g/mol. The normalized spacial score (nSPS) is 14.2. The lowest BCUT2D eigenvalue weighted by molar-refractivity contribution is 0.567. The van der Waals surface area contributed by atoms with Crippen molar-refractivity contribution in [3.8, 4) is 11.3 Å². The van der Waals surface area contributed by atoms with Gasteiger partial charge in [0.15, 0.2) is 5.13 Å². The van der Waals surface area contributed by atoms with Gasteiger partial charge in [0.05, 0.1) is 11.3 Å². The molecule has 0 spiro atoms. The molecule has 0 atom stereocenters. The van der Waals surface area contributed by atoms with Crippen LogP contribution in [0.4, 0.5) is 5.13 Å². The Morgan fingerprint density at radius 1 is 1.40 bits per heavy atom. The maximum absolute atomic E-state index is 12.7. The molecule has 2 heterocycles. The van der Waals surface area contributed by atoms with Gasteiger partial charge in [-0.25, -0.2) is 4.98 Å². The van der Waals surface area contributed by atoms with E-state index in [4.69, 9.17) is 5.73 Å². The summed E-state index contributed by atoms with van der Waals surface area (Å²) in [7, 11) is 0. The lowest BCUT2D eigenvalue weighted by Gasteiger charge is -2.22. The van der Waals surface area contributed by atoms with Gasteiger partial charge < -0.3 is 10.3 Å². The number of nitrogens with two attached hydrogens (primary N) is 1. The molecular formula is C15H19N3OS. The number of anilines is 1. The number of aromatic nitrogens is 2. The molecule has 0 saturated heterocycles. The van der Waals surface area contributed by atoms with Crippen molar-refractivity contribution >= 4 is 16.5 Å². The number of hydrogen-bond donors (Lipinski definition) is 1. The van der Waals surface area contributed by atoms with E-state index in [1.807, 2.05) is 16.0 Å². The average molecular weight is 289 g/mol. The molecule has 0 fully saturated rings. The van der Waals surface area contributed by atoms with E-state index in [1.54, 1.807) is 0 Å². The summed E-state index contributed by atoms with van der Waals surface area (Å²) >= 11 is 1.38. The second-order valence-corrected chi connectivity index (χ2v) is 6.15. The van der Waals surface area contributed by atoms with E-state index < -0.39 is 0 Å². The number of pyridine rings is 1. The highest BCUT2D eigenvalue weighted by Gasteiger charge is 2.19. The van der Waals surface area contributed by atoms with Crippen LogP contribution < -0.4 is 11.3 Å². The zero-order valence-corrected chi connectivity index (χ0v) is 12.5. The lowest BCUT2D eigenvalue weighted by Crippen LogP contribution is -2.28. The molecule has 2 N–H and O–H groups in total. The van der Waals surface area contributed by atoms with Crippen LogP contribution in [0.25, 0.3) is 11.3 Å². The lowest BCUT2D eigenvalue weighted by atomic mass is 9.94. The van der Waals surface area contributed by atoms with Crippen molar-refractivity contribution in [3.05, 3.63) is 33.1 Å². The van der Waals surface area contributed by atoms with E-state index in [9.17, 15) is 4.79 Å². The molecule has 2 aromatic heterocycles. The number of nitrogens with zero attached hydrogens (tertiary/aromatic N) is 2. The highest BCUT2D eigenvalue weighted by molar-refractivity contribution is 7.13. The van der Waals surface area contributed by atoms with Crippen molar-refractivity contribution < 1.29 is 0 Å². The number of rotatable bonds is 3. The smallest absolute Gasteiger partial charge is 0.260 e. The van der Waals surface area contributed by atoms with Gasteiger partial charge in [-0.3, -0.25) is 4.79 Å². The number of aryl methyl sites for hydroxylation is 1. The molecule has 3 rings (SSSR count). The highest BCUT2D eigenvalue weighted by atomic mass is 32.1. The van der Waals surface area contributed by atoms with Crippen molar-refractivity contribution in [1.82, 2.24) is 9.55 Å². The Kier molecular flexibility index (Phi) is 3.61. The summed E-state index contributed by atoms with van der Waals surface area (Å²) < 4.78 is 1.96. The molecule has 1 aliphatic rings. The number of fused-ring (bicyclic) bond motifs is 1. The molecule has 106 valence electrons. The first-order chi connectivity index (χ1) is 9.70. The third-order valence-corrected chi connectivity index (χ3v) is 4.52. The molecular weight excluding hydrogens is 270 g/mol. The van der Waals surface area contributed by atoms with Gasteiger partial charge in [0.2, 0.25) is 0 Å². The van der Waals surface area contributed by atoms with E-state index in [0.29, 0.717) is 10.7 Å². The fraction of sp³-hybridized carbons (Fsp3) is 0.467. The maximum Gasteiger partial charge on any atom is 0.260 e. The van der Waals surface area contributed by atoms with Crippen molar-refractivity contribution in [2.45, 2.75) is 45.6 Å². The summed E-state index contributed by atoms with van der Waals surface area (Å²) in [6, 6.07) is 2.04. The fourth-order valence-electron chi connectivity index (χ4n) is 2.94. The molecule has 0 unspecified atom stereocenters. The minimum atomic E-state index is 0.0813. The highest BCUT2D eigenvalue weighted by Crippen LogP contribution is 2.26. The number of nitrogen functional groups attached to an aromatic ring is 1. The first-order valence-corrected chi connectivity index (χ1v) is 8.05. The minimum Gasteiger partial charge on any atom is -0.375 e. The van der Waals surface area contributed by atoms with Crippen LogP contribution in [0.15, 0.2) is 16.2 Å². The SMILES string of the molecule is CCCn1c2c(cc(-c3csc(N)n3)c1=O)CCCC2. The van der Waals surface area contributed by atoms with E-state index in [1.165, 1.54) is 35.4 Å². The molecule has 20 heavy (non-hydrogen) atoms. The van der Waals surface area contributed by atoms with Crippen LogP contribution >= 0.6 is 11.3 Å². The van der Waals surface area contributed by atoms with Gasteiger partial charge in [-0.15, -0.1) is 11.3 Å². The van der Waals surface area contributed by atoms with Crippen LogP contribution in [0.3, 0.4) is 0 Å². The minimum absolute atomic E-state index is 0.0813. The molecule has 4 nitrogen and oxygen atoms in total. The molecule has 1 aliphatic carbocycles. The summed E-state index contributed by atoms with van der Waals surface area (Å²) in [5, 5.41) is 2.39. The van der Waals surface area contributed by atoms with Gasteiger partial charge in [-0.2, -0.15) is 0 Å². The predicted molar refractivity (Wildman–Crippen MR) is 83.2 cm³/mol. The molecule has 0 aliphatic heterocycles. The third kappa shape index (κ3) is 2.26. The van der Waals surface area contributed by atoms with Crippen molar-refractivity contribution in [2.24, 2.45) is 0 Å². The van der Waals surface area contributed by atoms with Crippen molar-refractivity contribution in [2.75, 3.05) is 5.73 Å². The Morgan fingerprint density at radius 2 is 2.20 bits per heavy atom. The van der Waals surface area contributed by atoms with Crippen LogP contribution in [-0.2, 0) is 19.4 Å². The zero-order valence-electron chi connectivity index (χ0n) is 11.7. The Balaban J connectivity index is 2.20. The van der Waals surface area contributed by atoms with E-state index in [-0.39, 0.29) is 5.56 Å². The predicted octanol–water partition coefficient (Wildman–Crippen LogP) is 2.84. The Labute approximate surface area is 122 Å². The Hall–Kier alpha value is -1.62. The first-order valence-electron chi connectivity index (χ1n) is 7.17. The zero-order chi connectivity index (χ0) is 14.1. The fourth-order valence-corrected chi connectivity index (χ4v) is 3.50. The quantitative estimate of drug-likeness (QED) is 0.945. The first kappa shape index (κ1) is 13.4. The van der Waals surface area contributed by atoms with Crippen LogP contribution in [0, 0.1) is 0 Å². The maximum atomic E-state index is 12.7. The molecule has 0 amide bonds. The van der Waals surface area contributed by atoms with Gasteiger partial charge in [0.25, 0.3) is 5.56 Å². The molecule has 2 aromatic rings. The Bertz CT molecular complexity index is 687. The second-order valence-electron chi connectivity index (χ2n) is 5.26. The second kappa shape index (κ2) is 5.40. The standard InChI is InChI=1S/C15H19N3OS/c1-2-7-18-13-6-4-3-5-10(13)8-11(14(18)19)12-9-20-15(16)17-12/h8-9H,2-7H2,1H3,(H2,16,17). The summed E-state index contributed by atoms with van der Waals surface area (Å²) in [4.78, 5) is 17.0. The summed E-state index contributed by atoms with van der Waals surface area (Å²) in [5.41, 5.74) is 9.74. The van der Waals surface area contributed by atoms with E-state index >= 15 is 0 Å². The van der Waals surface area contributed by atoms with Gasteiger partial charge >= 0.3 is 0 Å². The topological polar surface area (TPSA) is 60.9 Å². The van der Waals surface area contributed by atoms with Crippen molar-refractivity contribution in [1.29, 1.82) is 0 Å². The van der Waals surface area contributed by atoms with Crippen LogP contribution in [0.2, 0.25) is 0 Å². The summed E-state index contributed by atoms with van der Waals surface area (Å²) in [6.45, 7) is 2.89. The Morgan fingerprint density at radius 3 is 2.90 bits per heavy atom. The van der Waals surface area contributed by atoms with Gasteiger partial charge in [-0.05, 0) is 43.7 Å². The average Bonchev–Trinajstić information content (AvgIpc) is 2.88. The van der Waals surface area contributed by atoms with Crippen molar-refractivity contribution in [3.63, 3.8) is 0 Å². The summed E-state index contributed by atoms with van der Waals surface area (Å²) in [5.74, 6) is 0. The summed E-state index contributed by atoms with van der Waals surface area (Å²) in [6.07, 6.45) is 5.43. The number of hydrogen-bond acceptors (Lipinski definition) is 4. The number of thiazole rings is 1. The van der Waals surface area contributed by atoms with E-state index in [2.05, 4.69) is 11.9 Å². The van der Waals surface area contributed by atoms with Crippen LogP contribution in [0.5, 0.6) is 0 Å². The molecule has 5 heteroatoms.